The van der Waals surface area contributed by atoms with Crippen LogP contribution in [0.15, 0.2) is 24.3 Å². The van der Waals surface area contributed by atoms with Gasteiger partial charge < -0.3 is 15.4 Å². The molecular weight excluding hydrogens is 236 g/mol. The Morgan fingerprint density at radius 1 is 1.37 bits per heavy atom. The van der Waals surface area contributed by atoms with E-state index in [1.165, 1.54) is 24.1 Å². The van der Waals surface area contributed by atoms with Crippen LogP contribution in [0.1, 0.15) is 44.7 Å². The molecule has 0 aliphatic carbocycles. The van der Waals surface area contributed by atoms with Gasteiger partial charge in [-0.2, -0.15) is 0 Å². The maximum Gasteiger partial charge on any atom is 0.0750 e. The lowest BCUT2D eigenvalue weighted by Crippen LogP contribution is -2.39. The number of anilines is 1. The molecule has 1 heterocycles. The lowest BCUT2D eigenvalue weighted by Gasteiger charge is -2.34. The first kappa shape index (κ1) is 14.4. The van der Waals surface area contributed by atoms with Gasteiger partial charge in [0.1, 0.15) is 0 Å². The van der Waals surface area contributed by atoms with Gasteiger partial charge in [-0.1, -0.05) is 19.1 Å². The van der Waals surface area contributed by atoms with Crippen LogP contribution in [0.2, 0.25) is 0 Å². The van der Waals surface area contributed by atoms with Crippen LogP contribution in [-0.2, 0) is 4.74 Å². The predicted molar refractivity (Wildman–Crippen MR) is 80.5 cm³/mol. The maximum absolute atomic E-state index is 5.89. The maximum atomic E-state index is 5.89. The van der Waals surface area contributed by atoms with Crippen molar-refractivity contribution in [2.24, 2.45) is 5.73 Å². The van der Waals surface area contributed by atoms with Gasteiger partial charge in [0.05, 0.1) is 6.10 Å². The molecule has 1 fully saturated rings. The van der Waals surface area contributed by atoms with Gasteiger partial charge in [0, 0.05) is 31.4 Å². The average Bonchev–Trinajstić information content (AvgIpc) is 2.45. The Labute approximate surface area is 116 Å². The molecule has 19 heavy (non-hydrogen) atoms. The van der Waals surface area contributed by atoms with Crippen molar-refractivity contribution in [2.45, 2.75) is 45.3 Å². The van der Waals surface area contributed by atoms with Crippen LogP contribution in [-0.4, -0.2) is 25.8 Å². The zero-order valence-corrected chi connectivity index (χ0v) is 12.1. The molecule has 2 rings (SSSR count). The van der Waals surface area contributed by atoms with Crippen LogP contribution in [0.4, 0.5) is 5.69 Å². The minimum atomic E-state index is 0.107. The zero-order chi connectivity index (χ0) is 13.7. The second kappa shape index (κ2) is 6.92. The summed E-state index contributed by atoms with van der Waals surface area (Å²) < 4.78 is 5.88. The molecule has 106 valence electrons. The molecule has 1 unspecified atom stereocenters. The number of hydrogen-bond donors (Lipinski definition) is 1. The summed E-state index contributed by atoms with van der Waals surface area (Å²) >= 11 is 0. The fourth-order valence-corrected chi connectivity index (χ4v) is 2.58. The summed E-state index contributed by atoms with van der Waals surface area (Å²) in [6, 6.07) is 8.74. The summed E-state index contributed by atoms with van der Waals surface area (Å²) in [5, 5.41) is 0. The van der Waals surface area contributed by atoms with Crippen LogP contribution < -0.4 is 10.6 Å². The van der Waals surface area contributed by atoms with E-state index in [1.807, 2.05) is 6.92 Å². The van der Waals surface area contributed by atoms with Crippen molar-refractivity contribution in [1.29, 1.82) is 0 Å². The first-order valence-electron chi connectivity index (χ1n) is 7.42. The standard InChI is InChI=1S/C16H26N2O/c1-3-11-19-16-5-4-10-18(12-16)15-8-6-14(7-9-15)13(2)17/h6-9,13,16H,3-5,10-12,17H2,1-2H3/t13-,16?/m1/s1. The minimum absolute atomic E-state index is 0.107. The molecule has 1 aliphatic heterocycles. The second-order valence-corrected chi connectivity index (χ2v) is 5.46. The Morgan fingerprint density at radius 2 is 2.11 bits per heavy atom. The van der Waals surface area contributed by atoms with Gasteiger partial charge >= 0.3 is 0 Å². The van der Waals surface area contributed by atoms with E-state index in [1.54, 1.807) is 0 Å². The normalized spacial score (nSPS) is 21.4. The van der Waals surface area contributed by atoms with E-state index in [0.29, 0.717) is 6.10 Å². The van der Waals surface area contributed by atoms with Crippen LogP contribution in [0, 0.1) is 0 Å². The zero-order valence-electron chi connectivity index (χ0n) is 12.1. The monoisotopic (exact) mass is 262 g/mol. The third-order valence-corrected chi connectivity index (χ3v) is 3.72. The number of ether oxygens (including phenoxy) is 1. The molecule has 1 aromatic carbocycles. The van der Waals surface area contributed by atoms with E-state index >= 15 is 0 Å². The Balaban J connectivity index is 1.96. The van der Waals surface area contributed by atoms with Crippen molar-refractivity contribution in [2.75, 3.05) is 24.6 Å². The van der Waals surface area contributed by atoms with Crippen molar-refractivity contribution in [3.63, 3.8) is 0 Å². The van der Waals surface area contributed by atoms with E-state index in [2.05, 4.69) is 36.1 Å². The van der Waals surface area contributed by atoms with Crippen LogP contribution in [0.3, 0.4) is 0 Å². The first-order chi connectivity index (χ1) is 9.20. The Hall–Kier alpha value is -1.06. The fourth-order valence-electron chi connectivity index (χ4n) is 2.58. The molecule has 3 nitrogen and oxygen atoms in total. The summed E-state index contributed by atoms with van der Waals surface area (Å²) in [6.45, 7) is 7.20. The SMILES string of the molecule is CCCOC1CCCN(c2ccc([C@@H](C)N)cc2)C1. The molecule has 0 saturated carbocycles. The highest BCUT2D eigenvalue weighted by molar-refractivity contribution is 5.48. The van der Waals surface area contributed by atoms with Gasteiger partial charge in [-0.25, -0.2) is 0 Å². The molecular formula is C16H26N2O. The second-order valence-electron chi connectivity index (χ2n) is 5.46. The number of nitrogens with two attached hydrogens (primary N) is 1. The van der Waals surface area contributed by atoms with Crippen molar-refractivity contribution < 1.29 is 4.74 Å². The number of benzene rings is 1. The van der Waals surface area contributed by atoms with E-state index in [9.17, 15) is 0 Å². The van der Waals surface area contributed by atoms with Gasteiger partial charge in [-0.15, -0.1) is 0 Å². The van der Waals surface area contributed by atoms with Crippen molar-refractivity contribution >= 4 is 5.69 Å². The molecule has 0 aromatic heterocycles. The Bertz CT molecular complexity index is 375. The molecule has 1 saturated heterocycles. The molecule has 0 spiro atoms. The largest absolute Gasteiger partial charge is 0.376 e. The van der Waals surface area contributed by atoms with Gasteiger partial charge in [0.25, 0.3) is 0 Å². The predicted octanol–water partition coefficient (Wildman–Crippen LogP) is 3.10. The number of hydrogen-bond acceptors (Lipinski definition) is 3. The topological polar surface area (TPSA) is 38.5 Å². The minimum Gasteiger partial charge on any atom is -0.376 e. The van der Waals surface area contributed by atoms with Crippen LogP contribution in [0.25, 0.3) is 0 Å². The number of piperidine rings is 1. The first-order valence-corrected chi connectivity index (χ1v) is 7.42. The van der Waals surface area contributed by atoms with E-state index < -0.39 is 0 Å². The number of rotatable bonds is 5. The fraction of sp³-hybridized carbons (Fsp3) is 0.625. The highest BCUT2D eigenvalue weighted by Crippen LogP contribution is 2.23. The summed E-state index contributed by atoms with van der Waals surface area (Å²) in [5.74, 6) is 0. The highest BCUT2D eigenvalue weighted by Gasteiger charge is 2.20. The smallest absolute Gasteiger partial charge is 0.0750 e. The Kier molecular flexibility index (Phi) is 5.23. The molecule has 2 N–H and O–H groups in total. The summed E-state index contributed by atoms with van der Waals surface area (Å²) in [4.78, 5) is 2.43. The molecule has 2 atom stereocenters. The molecule has 1 aliphatic rings. The van der Waals surface area contributed by atoms with Gasteiger partial charge in [0.2, 0.25) is 0 Å². The van der Waals surface area contributed by atoms with Gasteiger partial charge in [-0.3, -0.25) is 0 Å². The average molecular weight is 262 g/mol. The van der Waals surface area contributed by atoms with Crippen molar-refractivity contribution in [3.05, 3.63) is 29.8 Å². The van der Waals surface area contributed by atoms with E-state index in [0.717, 1.165) is 26.1 Å². The molecule has 0 radical (unpaired) electrons. The quantitative estimate of drug-likeness (QED) is 0.886. The van der Waals surface area contributed by atoms with Crippen LogP contribution >= 0.6 is 0 Å². The highest BCUT2D eigenvalue weighted by atomic mass is 16.5. The summed E-state index contributed by atoms with van der Waals surface area (Å²) in [6.07, 6.45) is 3.89. The summed E-state index contributed by atoms with van der Waals surface area (Å²) in [5.41, 5.74) is 8.37. The molecule has 3 heteroatoms. The lowest BCUT2D eigenvalue weighted by molar-refractivity contribution is 0.0440. The third-order valence-electron chi connectivity index (χ3n) is 3.72. The Morgan fingerprint density at radius 3 is 2.74 bits per heavy atom. The third kappa shape index (κ3) is 3.95. The number of nitrogens with zero attached hydrogens (tertiary/aromatic N) is 1. The lowest BCUT2D eigenvalue weighted by atomic mass is 10.1. The van der Waals surface area contributed by atoms with Gasteiger partial charge in [0.15, 0.2) is 0 Å². The molecule has 0 bridgehead atoms. The molecule has 1 aromatic rings. The van der Waals surface area contributed by atoms with E-state index in [-0.39, 0.29) is 6.04 Å². The molecule has 0 amide bonds. The summed E-state index contributed by atoms with van der Waals surface area (Å²) in [7, 11) is 0. The van der Waals surface area contributed by atoms with E-state index in [4.69, 9.17) is 10.5 Å². The van der Waals surface area contributed by atoms with Gasteiger partial charge in [-0.05, 0) is 43.9 Å². The van der Waals surface area contributed by atoms with Crippen molar-refractivity contribution in [1.82, 2.24) is 0 Å². The van der Waals surface area contributed by atoms with Crippen molar-refractivity contribution in [3.8, 4) is 0 Å². The van der Waals surface area contributed by atoms with Crippen LogP contribution in [0.5, 0.6) is 0 Å².